The molecule has 1 aromatic carbocycles. The van der Waals surface area contributed by atoms with Gasteiger partial charge in [-0.1, -0.05) is 18.2 Å². The molecule has 14 heavy (non-hydrogen) atoms. The van der Waals surface area contributed by atoms with E-state index in [4.69, 9.17) is 0 Å². The monoisotopic (exact) mass is 253 g/mol. The fourth-order valence-electron chi connectivity index (χ4n) is 1.41. The molecule has 1 N–H and O–H groups in total. The van der Waals surface area contributed by atoms with Gasteiger partial charge in [-0.2, -0.15) is 5.10 Å². The molecule has 0 spiro atoms. The first-order valence-corrected chi connectivity index (χ1v) is 5.38. The molecular formula is C10H12BrN3. The molecule has 3 nitrogen and oxygen atoms in total. The molecule has 0 bridgehead atoms. The number of nitrogens with zero attached hydrogens (tertiary/aromatic N) is 2. The van der Waals surface area contributed by atoms with Gasteiger partial charge in [0, 0.05) is 11.9 Å². The van der Waals surface area contributed by atoms with Gasteiger partial charge in [-0.15, -0.1) is 0 Å². The highest BCUT2D eigenvalue weighted by Gasteiger charge is 2.06. The molecule has 0 aliphatic carbocycles. The van der Waals surface area contributed by atoms with Crippen LogP contribution < -0.4 is 5.32 Å². The van der Waals surface area contributed by atoms with Crippen LogP contribution in [0.4, 0.5) is 0 Å². The Hall–Kier alpha value is -0.870. The number of aromatic nitrogens is 2. The molecule has 0 saturated heterocycles. The lowest BCUT2D eigenvalue weighted by atomic mass is 10.3. The van der Waals surface area contributed by atoms with Crippen molar-refractivity contribution < 1.29 is 0 Å². The van der Waals surface area contributed by atoms with E-state index in [1.54, 1.807) is 0 Å². The lowest BCUT2D eigenvalue weighted by Gasteiger charge is -2.01. The molecular weight excluding hydrogens is 242 g/mol. The van der Waals surface area contributed by atoms with Crippen LogP contribution in [0.2, 0.25) is 0 Å². The minimum absolute atomic E-state index is 0.881. The van der Waals surface area contributed by atoms with Gasteiger partial charge in [0.05, 0.1) is 12.1 Å². The first kappa shape index (κ1) is 9.68. The van der Waals surface area contributed by atoms with Crippen molar-refractivity contribution in [3.05, 3.63) is 28.9 Å². The van der Waals surface area contributed by atoms with E-state index >= 15 is 0 Å². The summed E-state index contributed by atoms with van der Waals surface area (Å²) in [6.07, 6.45) is 0. The summed E-state index contributed by atoms with van der Waals surface area (Å²) in [5.41, 5.74) is 1.04. The zero-order valence-corrected chi connectivity index (χ0v) is 9.58. The maximum Gasteiger partial charge on any atom is 0.112 e. The van der Waals surface area contributed by atoms with E-state index in [0.29, 0.717) is 0 Å². The minimum Gasteiger partial charge on any atom is -0.318 e. The maximum atomic E-state index is 4.48. The van der Waals surface area contributed by atoms with Crippen molar-refractivity contribution in [2.24, 2.45) is 0 Å². The van der Waals surface area contributed by atoms with E-state index in [-0.39, 0.29) is 0 Å². The SMILES string of the molecule is CNCCn1nc2ccccc2c1Br. The van der Waals surface area contributed by atoms with Gasteiger partial charge < -0.3 is 5.32 Å². The summed E-state index contributed by atoms with van der Waals surface area (Å²) in [7, 11) is 1.94. The Morgan fingerprint density at radius 2 is 2.21 bits per heavy atom. The Morgan fingerprint density at radius 1 is 1.43 bits per heavy atom. The Morgan fingerprint density at radius 3 is 2.93 bits per heavy atom. The van der Waals surface area contributed by atoms with Crippen LogP contribution in [0.25, 0.3) is 10.9 Å². The van der Waals surface area contributed by atoms with Crippen LogP contribution in [-0.2, 0) is 6.54 Å². The number of fused-ring (bicyclic) bond motifs is 1. The van der Waals surface area contributed by atoms with Gasteiger partial charge in [-0.3, -0.25) is 4.68 Å². The highest BCUT2D eigenvalue weighted by Crippen LogP contribution is 2.22. The van der Waals surface area contributed by atoms with Crippen LogP contribution in [0.3, 0.4) is 0 Å². The highest BCUT2D eigenvalue weighted by atomic mass is 79.9. The smallest absolute Gasteiger partial charge is 0.112 e. The van der Waals surface area contributed by atoms with Crippen molar-refractivity contribution in [2.75, 3.05) is 13.6 Å². The van der Waals surface area contributed by atoms with Crippen LogP contribution in [0.5, 0.6) is 0 Å². The summed E-state index contributed by atoms with van der Waals surface area (Å²) in [6.45, 7) is 1.80. The zero-order chi connectivity index (χ0) is 9.97. The standard InChI is InChI=1S/C10H12BrN3/c1-12-6-7-14-10(11)8-4-2-3-5-9(8)13-14/h2-5,12H,6-7H2,1H3. The summed E-state index contributed by atoms with van der Waals surface area (Å²) in [5.74, 6) is 0. The molecule has 4 heteroatoms. The number of halogens is 1. The van der Waals surface area contributed by atoms with Gasteiger partial charge in [-0.25, -0.2) is 0 Å². The molecule has 0 aliphatic heterocycles. The van der Waals surface area contributed by atoms with E-state index in [1.165, 1.54) is 5.39 Å². The summed E-state index contributed by atoms with van der Waals surface area (Å²) in [6, 6.07) is 8.12. The Balaban J connectivity index is 2.41. The summed E-state index contributed by atoms with van der Waals surface area (Å²) in [4.78, 5) is 0. The molecule has 0 saturated carbocycles. The number of nitrogens with one attached hydrogen (secondary N) is 1. The predicted molar refractivity (Wildman–Crippen MR) is 61.4 cm³/mol. The summed E-state index contributed by atoms with van der Waals surface area (Å²) >= 11 is 3.55. The lowest BCUT2D eigenvalue weighted by molar-refractivity contribution is 0.580. The van der Waals surface area contributed by atoms with Crippen molar-refractivity contribution in [1.29, 1.82) is 0 Å². The van der Waals surface area contributed by atoms with Crippen molar-refractivity contribution in [2.45, 2.75) is 6.54 Å². The molecule has 0 atom stereocenters. The van der Waals surface area contributed by atoms with Gasteiger partial charge in [0.25, 0.3) is 0 Å². The normalized spacial score (nSPS) is 11.0. The van der Waals surface area contributed by atoms with Crippen LogP contribution in [0.15, 0.2) is 28.9 Å². The molecule has 0 unspecified atom stereocenters. The quantitative estimate of drug-likeness (QED) is 0.908. The largest absolute Gasteiger partial charge is 0.318 e. The Labute approximate surface area is 91.2 Å². The maximum absolute atomic E-state index is 4.48. The average molecular weight is 254 g/mol. The van der Waals surface area contributed by atoms with Gasteiger partial charge in [-0.05, 0) is 29.0 Å². The van der Waals surface area contributed by atoms with Crippen molar-refractivity contribution in [3.63, 3.8) is 0 Å². The molecule has 1 heterocycles. The van der Waals surface area contributed by atoms with E-state index in [0.717, 1.165) is 23.2 Å². The lowest BCUT2D eigenvalue weighted by Crippen LogP contribution is -2.15. The average Bonchev–Trinajstić information content (AvgIpc) is 2.54. The third-order valence-corrected chi connectivity index (χ3v) is 2.99. The van der Waals surface area contributed by atoms with Crippen molar-refractivity contribution in [3.8, 4) is 0 Å². The number of hydrogen-bond donors (Lipinski definition) is 1. The molecule has 2 aromatic rings. The van der Waals surface area contributed by atoms with Gasteiger partial charge in [0.15, 0.2) is 0 Å². The zero-order valence-electron chi connectivity index (χ0n) is 8.00. The highest BCUT2D eigenvalue weighted by molar-refractivity contribution is 9.10. The fourth-order valence-corrected chi connectivity index (χ4v) is 2.01. The molecule has 0 fully saturated rings. The summed E-state index contributed by atoms with van der Waals surface area (Å²) in [5, 5.41) is 8.76. The van der Waals surface area contributed by atoms with Crippen molar-refractivity contribution >= 4 is 26.8 Å². The molecule has 74 valence electrons. The Bertz CT molecular complexity index is 436. The predicted octanol–water partition coefficient (Wildman–Crippen LogP) is 2.02. The number of likely N-dealkylation sites (N-methyl/N-ethyl adjacent to an activating group) is 1. The first-order valence-electron chi connectivity index (χ1n) is 4.58. The van der Waals surface area contributed by atoms with Gasteiger partial charge in [0.2, 0.25) is 0 Å². The summed E-state index contributed by atoms with van der Waals surface area (Å²) < 4.78 is 3.03. The first-order chi connectivity index (χ1) is 6.83. The molecule has 0 aliphatic rings. The molecule has 0 radical (unpaired) electrons. The van der Waals surface area contributed by atoms with Crippen LogP contribution in [0.1, 0.15) is 0 Å². The molecule has 2 rings (SSSR count). The Kier molecular flexibility index (Phi) is 2.84. The van der Waals surface area contributed by atoms with E-state index in [9.17, 15) is 0 Å². The third kappa shape index (κ3) is 1.67. The van der Waals surface area contributed by atoms with E-state index in [1.807, 2.05) is 29.9 Å². The number of hydrogen-bond acceptors (Lipinski definition) is 2. The van der Waals surface area contributed by atoms with Crippen LogP contribution in [0, 0.1) is 0 Å². The van der Waals surface area contributed by atoms with Gasteiger partial charge in [0.1, 0.15) is 4.60 Å². The topological polar surface area (TPSA) is 29.9 Å². The van der Waals surface area contributed by atoms with Crippen molar-refractivity contribution in [1.82, 2.24) is 15.1 Å². The number of rotatable bonds is 3. The van der Waals surface area contributed by atoms with E-state index < -0.39 is 0 Å². The van der Waals surface area contributed by atoms with Gasteiger partial charge >= 0.3 is 0 Å². The van der Waals surface area contributed by atoms with Crippen LogP contribution >= 0.6 is 15.9 Å². The van der Waals surface area contributed by atoms with E-state index in [2.05, 4.69) is 32.4 Å². The molecule has 1 aromatic heterocycles. The second-order valence-electron chi connectivity index (χ2n) is 3.13. The van der Waals surface area contributed by atoms with Crippen LogP contribution in [-0.4, -0.2) is 23.4 Å². The fraction of sp³-hybridized carbons (Fsp3) is 0.300. The second-order valence-corrected chi connectivity index (χ2v) is 3.89. The molecule has 0 amide bonds. The third-order valence-electron chi connectivity index (χ3n) is 2.15. The second kappa shape index (κ2) is 4.11. The number of benzene rings is 1. The minimum atomic E-state index is 0.881.